The molecule has 4 rings (SSSR count). The normalized spacial score (nSPS) is 18.0. The van der Waals surface area contributed by atoms with Crippen molar-refractivity contribution in [1.29, 1.82) is 0 Å². The zero-order valence-corrected chi connectivity index (χ0v) is 14.4. The molecular weight excluding hydrogens is 320 g/mol. The fourth-order valence-electron chi connectivity index (χ4n) is 2.86. The van der Waals surface area contributed by atoms with Crippen molar-refractivity contribution in [3.05, 3.63) is 48.2 Å². The highest BCUT2D eigenvalue weighted by Gasteiger charge is 2.17. The molecule has 0 bridgehead atoms. The Bertz CT molecular complexity index is 784. The van der Waals surface area contributed by atoms with Gasteiger partial charge in [-0.15, -0.1) is 0 Å². The second kappa shape index (κ2) is 6.75. The summed E-state index contributed by atoms with van der Waals surface area (Å²) in [7, 11) is 0. The molecule has 3 aromatic rings. The number of ether oxygens (including phenoxy) is 1. The summed E-state index contributed by atoms with van der Waals surface area (Å²) >= 11 is 1.68. The van der Waals surface area contributed by atoms with E-state index < -0.39 is 0 Å². The summed E-state index contributed by atoms with van der Waals surface area (Å²) in [4.78, 5) is 11.5. The van der Waals surface area contributed by atoms with Crippen molar-refractivity contribution in [3.8, 4) is 0 Å². The number of benzene rings is 1. The topological polar surface area (TPSA) is 50.3 Å². The van der Waals surface area contributed by atoms with E-state index >= 15 is 0 Å². The number of para-hydroxylation sites is 1. The van der Waals surface area contributed by atoms with Crippen LogP contribution < -0.4 is 10.2 Å². The van der Waals surface area contributed by atoms with Gasteiger partial charge in [-0.3, -0.25) is 0 Å². The number of pyridine rings is 1. The summed E-state index contributed by atoms with van der Waals surface area (Å²) in [6.07, 6.45) is 2.21. The first-order valence-electron chi connectivity index (χ1n) is 8.19. The molecule has 1 aliphatic rings. The van der Waals surface area contributed by atoms with Gasteiger partial charge >= 0.3 is 0 Å². The smallest absolute Gasteiger partial charge is 0.184 e. The number of anilines is 2. The van der Waals surface area contributed by atoms with E-state index in [4.69, 9.17) is 4.74 Å². The Labute approximate surface area is 145 Å². The fourth-order valence-corrected chi connectivity index (χ4v) is 3.72. The monoisotopic (exact) mass is 340 g/mol. The standard InChI is InChI=1S/C18H20N4OS/c1-13-12-22(8-9-23-13)17-7-6-14(10-19-17)11-20-18-21-15-4-2-3-5-16(15)24-18/h2-7,10,13H,8-9,11-12H2,1H3,(H,20,21). The van der Waals surface area contributed by atoms with Gasteiger partial charge in [-0.05, 0) is 30.7 Å². The minimum Gasteiger partial charge on any atom is -0.375 e. The number of nitrogens with one attached hydrogen (secondary N) is 1. The lowest BCUT2D eigenvalue weighted by atomic mass is 10.2. The highest BCUT2D eigenvalue weighted by molar-refractivity contribution is 7.22. The SMILES string of the molecule is CC1CN(c2ccc(CNc3nc4ccccc4s3)cn2)CCO1. The van der Waals surface area contributed by atoms with Crippen molar-refractivity contribution in [2.45, 2.75) is 19.6 Å². The lowest BCUT2D eigenvalue weighted by Crippen LogP contribution is -2.41. The van der Waals surface area contributed by atoms with Gasteiger partial charge in [0, 0.05) is 25.8 Å². The molecule has 1 N–H and O–H groups in total. The van der Waals surface area contributed by atoms with Gasteiger partial charge in [0.2, 0.25) is 0 Å². The molecule has 3 heterocycles. The second-order valence-corrected chi connectivity index (χ2v) is 7.02. The molecule has 1 unspecified atom stereocenters. The Balaban J connectivity index is 1.40. The van der Waals surface area contributed by atoms with Crippen LogP contribution in [0.5, 0.6) is 0 Å². The third kappa shape index (κ3) is 3.34. The van der Waals surface area contributed by atoms with Crippen LogP contribution >= 0.6 is 11.3 Å². The minimum atomic E-state index is 0.265. The Hall–Kier alpha value is -2.18. The van der Waals surface area contributed by atoms with Gasteiger partial charge in [0.05, 0.1) is 22.9 Å². The molecule has 6 heteroatoms. The zero-order chi connectivity index (χ0) is 16.4. The van der Waals surface area contributed by atoms with E-state index in [0.717, 1.165) is 48.3 Å². The van der Waals surface area contributed by atoms with Crippen LogP contribution in [-0.4, -0.2) is 35.8 Å². The molecule has 1 saturated heterocycles. The van der Waals surface area contributed by atoms with E-state index in [1.807, 2.05) is 24.4 Å². The van der Waals surface area contributed by atoms with Crippen molar-refractivity contribution >= 4 is 32.5 Å². The number of rotatable bonds is 4. The first kappa shape index (κ1) is 15.4. The van der Waals surface area contributed by atoms with Crippen LogP contribution in [0, 0.1) is 0 Å². The quantitative estimate of drug-likeness (QED) is 0.787. The van der Waals surface area contributed by atoms with Crippen LogP contribution in [0.2, 0.25) is 0 Å². The average Bonchev–Trinajstić information content (AvgIpc) is 3.03. The van der Waals surface area contributed by atoms with E-state index in [1.165, 1.54) is 4.70 Å². The molecule has 0 aliphatic carbocycles. The molecule has 1 aromatic carbocycles. The summed E-state index contributed by atoms with van der Waals surface area (Å²) in [5.74, 6) is 1.02. The van der Waals surface area contributed by atoms with Gasteiger partial charge in [0.1, 0.15) is 5.82 Å². The molecule has 1 atom stereocenters. The van der Waals surface area contributed by atoms with Crippen LogP contribution in [0.3, 0.4) is 0 Å². The van der Waals surface area contributed by atoms with Crippen molar-refractivity contribution < 1.29 is 4.74 Å². The van der Waals surface area contributed by atoms with Gasteiger partial charge in [0.15, 0.2) is 5.13 Å². The molecule has 124 valence electrons. The van der Waals surface area contributed by atoms with Crippen LogP contribution in [0.1, 0.15) is 12.5 Å². The van der Waals surface area contributed by atoms with E-state index in [9.17, 15) is 0 Å². The van der Waals surface area contributed by atoms with Gasteiger partial charge in [-0.2, -0.15) is 0 Å². The van der Waals surface area contributed by atoms with E-state index in [-0.39, 0.29) is 6.10 Å². The van der Waals surface area contributed by atoms with Crippen molar-refractivity contribution in [3.63, 3.8) is 0 Å². The summed E-state index contributed by atoms with van der Waals surface area (Å²) in [5.41, 5.74) is 2.19. The maximum Gasteiger partial charge on any atom is 0.184 e. The summed E-state index contributed by atoms with van der Waals surface area (Å²) < 4.78 is 6.78. The number of nitrogens with zero attached hydrogens (tertiary/aromatic N) is 3. The van der Waals surface area contributed by atoms with Crippen LogP contribution in [0.15, 0.2) is 42.6 Å². The van der Waals surface area contributed by atoms with Gasteiger partial charge in [-0.1, -0.05) is 29.5 Å². The molecule has 1 aliphatic heterocycles. The molecule has 0 saturated carbocycles. The number of hydrogen-bond acceptors (Lipinski definition) is 6. The zero-order valence-electron chi connectivity index (χ0n) is 13.6. The van der Waals surface area contributed by atoms with E-state index in [2.05, 4.69) is 45.3 Å². The predicted molar refractivity (Wildman–Crippen MR) is 98.8 cm³/mol. The summed E-state index contributed by atoms with van der Waals surface area (Å²) in [6, 6.07) is 12.4. The van der Waals surface area contributed by atoms with Gasteiger partial charge in [0.25, 0.3) is 0 Å². The number of aromatic nitrogens is 2. The molecule has 2 aromatic heterocycles. The maximum atomic E-state index is 5.58. The maximum absolute atomic E-state index is 5.58. The number of morpholine rings is 1. The molecular formula is C18H20N4OS. The van der Waals surface area contributed by atoms with E-state index in [1.54, 1.807) is 11.3 Å². The average molecular weight is 340 g/mol. The number of fused-ring (bicyclic) bond motifs is 1. The fraction of sp³-hybridized carbons (Fsp3) is 0.333. The predicted octanol–water partition coefficient (Wildman–Crippen LogP) is 3.53. The molecule has 0 amide bonds. The van der Waals surface area contributed by atoms with Crippen molar-refractivity contribution in [1.82, 2.24) is 9.97 Å². The third-order valence-electron chi connectivity index (χ3n) is 4.11. The molecule has 24 heavy (non-hydrogen) atoms. The Morgan fingerprint density at radius 2 is 2.21 bits per heavy atom. The first-order chi connectivity index (χ1) is 11.8. The highest BCUT2D eigenvalue weighted by Crippen LogP contribution is 2.25. The van der Waals surface area contributed by atoms with Crippen LogP contribution in [-0.2, 0) is 11.3 Å². The largest absolute Gasteiger partial charge is 0.375 e. The molecule has 0 spiro atoms. The molecule has 0 radical (unpaired) electrons. The van der Waals surface area contributed by atoms with Gasteiger partial charge < -0.3 is 15.0 Å². The van der Waals surface area contributed by atoms with E-state index in [0.29, 0.717) is 0 Å². The number of thiazole rings is 1. The molecule has 5 nitrogen and oxygen atoms in total. The Kier molecular flexibility index (Phi) is 4.32. The lowest BCUT2D eigenvalue weighted by Gasteiger charge is -2.32. The van der Waals surface area contributed by atoms with Crippen molar-refractivity contribution in [2.75, 3.05) is 29.9 Å². The van der Waals surface area contributed by atoms with Crippen LogP contribution in [0.4, 0.5) is 10.9 Å². The molecule has 1 fully saturated rings. The van der Waals surface area contributed by atoms with Gasteiger partial charge in [-0.25, -0.2) is 9.97 Å². The van der Waals surface area contributed by atoms with Crippen molar-refractivity contribution in [2.24, 2.45) is 0 Å². The third-order valence-corrected chi connectivity index (χ3v) is 5.11. The summed E-state index contributed by atoms with van der Waals surface area (Å²) in [5, 5.41) is 4.34. The first-order valence-corrected chi connectivity index (χ1v) is 9.00. The minimum absolute atomic E-state index is 0.265. The van der Waals surface area contributed by atoms with Crippen LogP contribution in [0.25, 0.3) is 10.2 Å². The summed E-state index contributed by atoms with van der Waals surface area (Å²) in [6.45, 7) is 5.40. The lowest BCUT2D eigenvalue weighted by molar-refractivity contribution is 0.0529. The second-order valence-electron chi connectivity index (χ2n) is 5.99. The number of hydrogen-bond donors (Lipinski definition) is 1. The highest BCUT2D eigenvalue weighted by atomic mass is 32.1. The Morgan fingerprint density at radius 1 is 1.29 bits per heavy atom. The Morgan fingerprint density at radius 3 is 3.00 bits per heavy atom.